The normalized spacial score (nSPS) is 26.0. The van der Waals surface area contributed by atoms with E-state index in [1.165, 1.54) is 16.0 Å². The van der Waals surface area contributed by atoms with Crippen molar-refractivity contribution in [3.8, 4) is 16.9 Å². The number of likely N-dealkylation sites (tertiary alicyclic amines) is 1. The number of thiophene rings is 1. The SMILES string of the molecule is CC1(C)C2C(=O)N(Cc3cc4nccc(-c5cc(Cl)c6c(c5O[C@H]5CCCNC5)CCC6)c4s3)C(=O)C21. The summed E-state index contributed by atoms with van der Waals surface area (Å²) in [5.41, 5.74) is 5.17. The number of pyridine rings is 1. The van der Waals surface area contributed by atoms with Gasteiger partial charge in [-0.1, -0.05) is 25.4 Å². The van der Waals surface area contributed by atoms with Crippen molar-refractivity contribution in [1.29, 1.82) is 0 Å². The van der Waals surface area contributed by atoms with Gasteiger partial charge in [-0.3, -0.25) is 19.5 Å². The Bertz CT molecular complexity index is 1430. The standard InChI is InChI=1S/C29H30ClN3O3S/c1-29(2)23-24(29)28(35)33(27(23)34)14-16-11-22-26(37-16)19(8-10-32-22)20-12-21(30)17-6-3-7-18(17)25(20)36-15-5-4-9-31-13-15/h8,10-12,15,23-24,31H,3-7,9,13-14H2,1-2H3/t15-,23?,24?/m0/s1. The highest BCUT2D eigenvalue weighted by Gasteiger charge is 2.72. The summed E-state index contributed by atoms with van der Waals surface area (Å²) in [7, 11) is 0. The Kier molecular flexibility index (Phi) is 5.44. The second-order valence-electron chi connectivity index (χ2n) is 11.5. The minimum Gasteiger partial charge on any atom is -0.488 e. The van der Waals surface area contributed by atoms with Crippen molar-refractivity contribution in [3.63, 3.8) is 0 Å². The zero-order chi connectivity index (χ0) is 25.5. The fourth-order valence-electron chi connectivity index (χ4n) is 6.71. The van der Waals surface area contributed by atoms with Crippen molar-refractivity contribution in [1.82, 2.24) is 15.2 Å². The van der Waals surface area contributed by atoms with Gasteiger partial charge in [0.2, 0.25) is 11.8 Å². The molecule has 3 atom stereocenters. The smallest absolute Gasteiger partial charge is 0.234 e. The third-order valence-electron chi connectivity index (χ3n) is 8.79. The second-order valence-corrected chi connectivity index (χ2v) is 13.0. The zero-order valence-electron chi connectivity index (χ0n) is 21.1. The van der Waals surface area contributed by atoms with E-state index >= 15 is 0 Å². The molecule has 2 aliphatic carbocycles. The molecule has 2 saturated heterocycles. The molecule has 192 valence electrons. The molecule has 0 bridgehead atoms. The molecule has 1 saturated carbocycles. The van der Waals surface area contributed by atoms with Gasteiger partial charge in [-0.15, -0.1) is 11.3 Å². The van der Waals surface area contributed by atoms with Gasteiger partial charge in [0.05, 0.1) is 28.6 Å². The molecular formula is C29H30ClN3O3S. The summed E-state index contributed by atoms with van der Waals surface area (Å²) in [6, 6.07) is 6.11. The number of carbonyl (C=O) groups is 2. The van der Waals surface area contributed by atoms with E-state index in [4.69, 9.17) is 16.3 Å². The van der Waals surface area contributed by atoms with Crippen LogP contribution in [0, 0.1) is 17.3 Å². The van der Waals surface area contributed by atoms with E-state index in [9.17, 15) is 9.59 Å². The van der Waals surface area contributed by atoms with Crippen LogP contribution in [0.1, 0.15) is 49.1 Å². The molecule has 4 aliphatic rings. The molecule has 1 aromatic carbocycles. The third kappa shape index (κ3) is 3.65. The van der Waals surface area contributed by atoms with Gasteiger partial charge in [-0.25, -0.2) is 0 Å². The number of carbonyl (C=O) groups excluding carboxylic acids is 2. The Morgan fingerprint density at radius 3 is 2.68 bits per heavy atom. The van der Waals surface area contributed by atoms with Crippen LogP contribution < -0.4 is 10.1 Å². The summed E-state index contributed by atoms with van der Waals surface area (Å²) in [4.78, 5) is 32.9. The average molecular weight is 536 g/mol. The van der Waals surface area contributed by atoms with Crippen LogP contribution in [0.3, 0.4) is 0 Å². The average Bonchev–Trinajstić information content (AvgIpc) is 3.32. The number of nitrogens with one attached hydrogen (secondary N) is 1. The van der Waals surface area contributed by atoms with Crippen LogP contribution in [0.4, 0.5) is 0 Å². The molecule has 37 heavy (non-hydrogen) atoms. The minimum absolute atomic E-state index is 0.0344. The van der Waals surface area contributed by atoms with Crippen molar-refractivity contribution < 1.29 is 14.3 Å². The number of hydrogen-bond acceptors (Lipinski definition) is 6. The van der Waals surface area contributed by atoms with E-state index in [0.29, 0.717) is 6.54 Å². The first-order valence-electron chi connectivity index (χ1n) is 13.3. The maximum Gasteiger partial charge on any atom is 0.234 e. The number of ether oxygens (including phenoxy) is 1. The molecule has 2 aromatic heterocycles. The molecular weight excluding hydrogens is 506 g/mol. The van der Waals surface area contributed by atoms with Gasteiger partial charge < -0.3 is 10.1 Å². The van der Waals surface area contributed by atoms with Crippen molar-refractivity contribution in [2.75, 3.05) is 13.1 Å². The first-order valence-corrected chi connectivity index (χ1v) is 14.5. The Hall–Kier alpha value is -2.48. The highest BCUT2D eigenvalue weighted by Crippen LogP contribution is 2.63. The molecule has 0 radical (unpaired) electrons. The summed E-state index contributed by atoms with van der Waals surface area (Å²) in [6.07, 6.45) is 7.15. The number of imide groups is 1. The lowest BCUT2D eigenvalue weighted by Gasteiger charge is -2.27. The zero-order valence-corrected chi connectivity index (χ0v) is 22.7. The van der Waals surface area contributed by atoms with Crippen molar-refractivity contribution >= 4 is 45.0 Å². The van der Waals surface area contributed by atoms with E-state index < -0.39 is 0 Å². The van der Waals surface area contributed by atoms with Gasteiger partial charge in [0.25, 0.3) is 0 Å². The Morgan fingerprint density at radius 2 is 1.92 bits per heavy atom. The molecule has 0 spiro atoms. The summed E-state index contributed by atoms with van der Waals surface area (Å²) in [5, 5.41) is 4.26. The Morgan fingerprint density at radius 1 is 1.14 bits per heavy atom. The van der Waals surface area contributed by atoms with Crippen molar-refractivity contribution in [3.05, 3.63) is 45.4 Å². The maximum atomic E-state index is 12.9. The van der Waals surface area contributed by atoms with E-state index in [0.717, 1.165) is 82.2 Å². The quantitative estimate of drug-likeness (QED) is 0.444. The lowest BCUT2D eigenvalue weighted by atomic mass is 9.98. The summed E-state index contributed by atoms with van der Waals surface area (Å²) in [6.45, 7) is 6.22. The summed E-state index contributed by atoms with van der Waals surface area (Å²) >= 11 is 8.42. The monoisotopic (exact) mass is 535 g/mol. The molecule has 1 N–H and O–H groups in total. The largest absolute Gasteiger partial charge is 0.488 e. The van der Waals surface area contributed by atoms with Crippen LogP contribution in [0.5, 0.6) is 5.75 Å². The maximum absolute atomic E-state index is 12.9. The van der Waals surface area contributed by atoms with Crippen molar-refractivity contribution in [2.45, 2.75) is 58.6 Å². The second kappa shape index (κ2) is 8.52. The number of fused-ring (bicyclic) bond motifs is 3. The van der Waals surface area contributed by atoms with Crippen LogP contribution >= 0.6 is 22.9 Å². The van der Waals surface area contributed by atoms with E-state index in [1.54, 1.807) is 11.3 Å². The van der Waals surface area contributed by atoms with Gasteiger partial charge in [-0.2, -0.15) is 0 Å². The van der Waals surface area contributed by atoms with Crippen LogP contribution in [0.2, 0.25) is 5.02 Å². The van der Waals surface area contributed by atoms with E-state index in [-0.39, 0.29) is 35.2 Å². The first-order chi connectivity index (χ1) is 17.8. The summed E-state index contributed by atoms with van der Waals surface area (Å²) in [5.74, 6) is 0.567. The number of nitrogens with zero attached hydrogens (tertiary/aromatic N) is 2. The molecule has 3 aromatic rings. The molecule has 2 amide bonds. The number of aromatic nitrogens is 1. The highest BCUT2D eigenvalue weighted by molar-refractivity contribution is 7.19. The molecule has 6 nitrogen and oxygen atoms in total. The molecule has 3 fully saturated rings. The van der Waals surface area contributed by atoms with Crippen LogP contribution in [-0.2, 0) is 29.0 Å². The highest BCUT2D eigenvalue weighted by atomic mass is 35.5. The van der Waals surface area contributed by atoms with E-state index in [1.807, 2.05) is 32.2 Å². The number of rotatable bonds is 5. The third-order valence-corrected chi connectivity index (χ3v) is 10.3. The fraction of sp³-hybridized carbons (Fsp3) is 0.483. The Labute approximate surface area is 225 Å². The van der Waals surface area contributed by atoms with Crippen LogP contribution in [0.15, 0.2) is 24.4 Å². The number of piperidine rings is 2. The Balaban J connectivity index is 1.27. The van der Waals surface area contributed by atoms with Gasteiger partial charge in [-0.05, 0) is 73.4 Å². The van der Waals surface area contributed by atoms with Gasteiger partial charge in [0.1, 0.15) is 11.9 Å². The predicted octanol–water partition coefficient (Wildman–Crippen LogP) is 5.38. The minimum atomic E-state index is -0.198. The number of halogens is 1. The molecule has 7 rings (SSSR count). The van der Waals surface area contributed by atoms with Gasteiger partial charge in [0.15, 0.2) is 0 Å². The van der Waals surface area contributed by atoms with E-state index in [2.05, 4.69) is 16.4 Å². The van der Waals surface area contributed by atoms with Crippen LogP contribution in [-0.4, -0.2) is 40.9 Å². The topological polar surface area (TPSA) is 71.5 Å². The lowest BCUT2D eigenvalue weighted by Crippen LogP contribution is -2.37. The number of benzene rings is 1. The lowest BCUT2D eigenvalue weighted by molar-refractivity contribution is -0.143. The predicted molar refractivity (Wildman–Crippen MR) is 145 cm³/mol. The summed E-state index contributed by atoms with van der Waals surface area (Å²) < 4.78 is 7.76. The molecule has 2 aliphatic heterocycles. The molecule has 8 heteroatoms. The molecule has 2 unspecified atom stereocenters. The van der Waals surface area contributed by atoms with Gasteiger partial charge in [0, 0.05) is 33.8 Å². The van der Waals surface area contributed by atoms with Gasteiger partial charge >= 0.3 is 0 Å². The first kappa shape index (κ1) is 23.6. The number of hydrogen-bond donors (Lipinski definition) is 1. The molecule has 4 heterocycles. The number of amides is 2. The fourth-order valence-corrected chi connectivity index (χ4v) is 8.16. The van der Waals surface area contributed by atoms with Crippen LogP contribution in [0.25, 0.3) is 21.3 Å². The van der Waals surface area contributed by atoms with Crippen molar-refractivity contribution in [2.24, 2.45) is 17.3 Å².